The van der Waals surface area contributed by atoms with Crippen LogP contribution in [0.25, 0.3) is 38.8 Å². The number of pyridine rings is 1. The number of fused-ring (bicyclic) bond motifs is 3. The summed E-state index contributed by atoms with van der Waals surface area (Å²) in [6.45, 7) is 0. The lowest BCUT2D eigenvalue weighted by Crippen LogP contribution is -2.21. The van der Waals surface area contributed by atoms with Gasteiger partial charge in [0, 0.05) is 30.4 Å². The average molecular weight is 436 g/mol. The van der Waals surface area contributed by atoms with Crippen molar-refractivity contribution in [2.75, 3.05) is 5.73 Å². The van der Waals surface area contributed by atoms with E-state index in [1.807, 2.05) is 12.1 Å². The molecule has 3 aromatic heterocycles. The molecule has 10 heteroatoms. The average Bonchev–Trinajstić information content (AvgIpc) is 3.04. The molecule has 0 bridgehead atoms. The zero-order valence-corrected chi connectivity index (χ0v) is 16.6. The van der Waals surface area contributed by atoms with Gasteiger partial charge in [-0.2, -0.15) is 13.2 Å². The molecule has 3 heterocycles. The fraction of sp³-hybridized carbons (Fsp3) is 0.0909. The Morgan fingerprint density at radius 1 is 0.938 bits per heavy atom. The topological polar surface area (TPSA) is 91.6 Å². The minimum atomic E-state index is -4.53. The summed E-state index contributed by atoms with van der Waals surface area (Å²) in [6.07, 6.45) is 0.148. The SMILES string of the molecule is Cn1c(=O)n(-c2cccc(C(F)(F)F)c2)c2c3cc(-c4cnc(N)nc4)ccc3ncc21. The van der Waals surface area contributed by atoms with Gasteiger partial charge < -0.3 is 5.73 Å². The molecule has 0 atom stereocenters. The van der Waals surface area contributed by atoms with E-state index in [0.717, 1.165) is 17.7 Å². The number of rotatable bonds is 2. The molecular weight excluding hydrogens is 421 g/mol. The number of alkyl halides is 3. The first-order valence-electron chi connectivity index (χ1n) is 9.50. The second-order valence-electron chi connectivity index (χ2n) is 7.28. The van der Waals surface area contributed by atoms with E-state index >= 15 is 0 Å². The Morgan fingerprint density at radius 2 is 1.69 bits per heavy atom. The summed E-state index contributed by atoms with van der Waals surface area (Å²) < 4.78 is 42.5. The quantitative estimate of drug-likeness (QED) is 0.453. The lowest BCUT2D eigenvalue weighted by Gasteiger charge is -2.11. The van der Waals surface area contributed by atoms with Gasteiger partial charge in [0.25, 0.3) is 0 Å². The van der Waals surface area contributed by atoms with Crippen LogP contribution in [0.3, 0.4) is 0 Å². The number of nitrogen functional groups attached to an aromatic ring is 1. The van der Waals surface area contributed by atoms with Gasteiger partial charge in [-0.3, -0.25) is 14.1 Å². The van der Waals surface area contributed by atoms with Crippen LogP contribution in [0.4, 0.5) is 19.1 Å². The smallest absolute Gasteiger partial charge is 0.368 e. The fourth-order valence-corrected chi connectivity index (χ4v) is 3.72. The van der Waals surface area contributed by atoms with Crippen LogP contribution in [0.2, 0.25) is 0 Å². The standard InChI is InChI=1S/C22H15F3N6O/c1-30-18-11-27-17-6-5-12(13-9-28-20(26)29-10-13)7-16(17)19(18)31(21(30)32)15-4-2-3-14(8-15)22(23,24)25/h2-11H,1H3,(H2,26,28,29). The Bertz CT molecular complexity index is 1550. The number of aromatic nitrogens is 5. The fourth-order valence-electron chi connectivity index (χ4n) is 3.72. The number of nitrogens with zero attached hydrogens (tertiary/aromatic N) is 5. The van der Waals surface area contributed by atoms with Gasteiger partial charge in [-0.05, 0) is 35.9 Å². The van der Waals surface area contributed by atoms with Crippen LogP contribution in [0.5, 0.6) is 0 Å². The number of halogens is 3. The second kappa shape index (κ2) is 6.91. The predicted molar refractivity (Wildman–Crippen MR) is 114 cm³/mol. The predicted octanol–water partition coefficient (Wildman–Crippen LogP) is 3.94. The first-order valence-corrected chi connectivity index (χ1v) is 9.50. The van der Waals surface area contributed by atoms with E-state index in [1.54, 1.807) is 25.5 Å². The molecule has 5 rings (SSSR count). The van der Waals surface area contributed by atoms with Crippen LogP contribution in [-0.2, 0) is 13.2 Å². The van der Waals surface area contributed by atoms with Crippen molar-refractivity contribution in [1.29, 1.82) is 0 Å². The van der Waals surface area contributed by atoms with Crippen LogP contribution in [0.15, 0.2) is 65.8 Å². The van der Waals surface area contributed by atoms with Crippen LogP contribution >= 0.6 is 0 Å². The molecule has 0 radical (unpaired) electrons. The Kier molecular flexibility index (Phi) is 4.26. The first kappa shape index (κ1) is 19.7. The Labute approximate surface area is 178 Å². The van der Waals surface area contributed by atoms with Gasteiger partial charge in [-0.15, -0.1) is 0 Å². The number of hydrogen-bond acceptors (Lipinski definition) is 5. The minimum absolute atomic E-state index is 0.115. The Morgan fingerprint density at radius 3 is 2.41 bits per heavy atom. The summed E-state index contributed by atoms with van der Waals surface area (Å²) in [5.41, 5.74) is 7.35. The van der Waals surface area contributed by atoms with E-state index in [-0.39, 0.29) is 11.6 Å². The molecule has 0 aliphatic heterocycles. The van der Waals surface area contributed by atoms with Crippen LogP contribution in [0.1, 0.15) is 5.56 Å². The third-order valence-electron chi connectivity index (χ3n) is 5.32. The van der Waals surface area contributed by atoms with E-state index in [9.17, 15) is 18.0 Å². The van der Waals surface area contributed by atoms with Crippen molar-refractivity contribution >= 4 is 27.9 Å². The molecule has 0 spiro atoms. The zero-order valence-electron chi connectivity index (χ0n) is 16.6. The van der Waals surface area contributed by atoms with E-state index in [2.05, 4.69) is 15.0 Å². The van der Waals surface area contributed by atoms with E-state index in [1.165, 1.54) is 27.5 Å². The van der Waals surface area contributed by atoms with Gasteiger partial charge >= 0.3 is 11.9 Å². The molecule has 5 aromatic rings. The van der Waals surface area contributed by atoms with E-state index in [4.69, 9.17) is 5.73 Å². The van der Waals surface area contributed by atoms with E-state index < -0.39 is 17.4 Å². The lowest BCUT2D eigenvalue weighted by molar-refractivity contribution is -0.137. The normalized spacial score (nSPS) is 12.0. The number of aryl methyl sites for hydroxylation is 1. The highest BCUT2D eigenvalue weighted by atomic mass is 19.4. The summed E-state index contributed by atoms with van der Waals surface area (Å²) in [4.78, 5) is 25.5. The van der Waals surface area contributed by atoms with Crippen molar-refractivity contribution in [3.63, 3.8) is 0 Å². The van der Waals surface area contributed by atoms with Gasteiger partial charge in [0.05, 0.1) is 34.0 Å². The molecule has 0 fully saturated rings. The molecular formula is C22H15F3N6O. The van der Waals surface area contributed by atoms with Crippen molar-refractivity contribution in [1.82, 2.24) is 24.1 Å². The largest absolute Gasteiger partial charge is 0.416 e. The van der Waals surface area contributed by atoms with Crippen molar-refractivity contribution in [2.24, 2.45) is 7.05 Å². The molecule has 160 valence electrons. The highest BCUT2D eigenvalue weighted by molar-refractivity contribution is 6.04. The van der Waals surface area contributed by atoms with Gasteiger partial charge in [0.1, 0.15) is 0 Å². The molecule has 0 unspecified atom stereocenters. The number of hydrogen-bond donors (Lipinski definition) is 1. The molecule has 0 amide bonds. The third kappa shape index (κ3) is 3.08. The Balaban J connectivity index is 1.84. The Hall–Kier alpha value is -4.21. The number of imidazole rings is 1. The summed E-state index contributed by atoms with van der Waals surface area (Å²) in [5, 5.41) is 0.604. The third-order valence-corrected chi connectivity index (χ3v) is 5.32. The van der Waals surface area contributed by atoms with Crippen LogP contribution in [-0.4, -0.2) is 24.1 Å². The second-order valence-corrected chi connectivity index (χ2v) is 7.28. The van der Waals surface area contributed by atoms with Gasteiger partial charge in [-0.25, -0.2) is 14.8 Å². The molecule has 0 aliphatic rings. The summed E-state index contributed by atoms with van der Waals surface area (Å²) in [5.74, 6) is 0.139. The molecule has 0 aliphatic carbocycles. The van der Waals surface area contributed by atoms with Crippen molar-refractivity contribution in [3.8, 4) is 16.8 Å². The van der Waals surface area contributed by atoms with Crippen LogP contribution < -0.4 is 11.4 Å². The molecule has 7 nitrogen and oxygen atoms in total. The molecule has 0 saturated heterocycles. The van der Waals surface area contributed by atoms with Gasteiger partial charge in [0.2, 0.25) is 5.95 Å². The monoisotopic (exact) mass is 436 g/mol. The molecule has 2 aromatic carbocycles. The van der Waals surface area contributed by atoms with Crippen LogP contribution in [0, 0.1) is 0 Å². The number of benzene rings is 2. The maximum atomic E-state index is 13.3. The van der Waals surface area contributed by atoms with Crippen molar-refractivity contribution in [3.05, 3.63) is 77.1 Å². The highest BCUT2D eigenvalue weighted by Gasteiger charge is 2.31. The summed E-state index contributed by atoms with van der Waals surface area (Å²) in [7, 11) is 1.56. The highest BCUT2D eigenvalue weighted by Crippen LogP contribution is 2.32. The maximum absolute atomic E-state index is 13.3. The first-order chi connectivity index (χ1) is 15.2. The lowest BCUT2D eigenvalue weighted by atomic mass is 10.1. The van der Waals surface area contributed by atoms with Gasteiger partial charge in [-0.1, -0.05) is 12.1 Å². The molecule has 2 N–H and O–H groups in total. The van der Waals surface area contributed by atoms with Crippen molar-refractivity contribution < 1.29 is 13.2 Å². The summed E-state index contributed by atoms with van der Waals surface area (Å²) in [6, 6.07) is 10.1. The minimum Gasteiger partial charge on any atom is -0.368 e. The van der Waals surface area contributed by atoms with E-state index in [0.29, 0.717) is 27.5 Å². The maximum Gasteiger partial charge on any atom is 0.416 e. The van der Waals surface area contributed by atoms with Crippen molar-refractivity contribution in [2.45, 2.75) is 6.18 Å². The van der Waals surface area contributed by atoms with Gasteiger partial charge in [0.15, 0.2) is 0 Å². The number of nitrogens with two attached hydrogens (primary N) is 1. The summed E-state index contributed by atoms with van der Waals surface area (Å²) >= 11 is 0. The zero-order chi connectivity index (χ0) is 22.6. The number of anilines is 1. The molecule has 0 saturated carbocycles. The molecule has 32 heavy (non-hydrogen) atoms.